The topological polar surface area (TPSA) is 26.3 Å². The SMILES string of the molecule is CCC1OCCC1C(=O)Cc1ccc2c(c1)CCC2. The monoisotopic (exact) mass is 258 g/mol. The minimum Gasteiger partial charge on any atom is -0.377 e. The van der Waals surface area contributed by atoms with Gasteiger partial charge in [0.2, 0.25) is 0 Å². The number of carbonyl (C=O) groups is 1. The van der Waals surface area contributed by atoms with Gasteiger partial charge in [0.1, 0.15) is 5.78 Å². The Bertz CT molecular complexity index is 478. The Morgan fingerprint density at radius 1 is 1.32 bits per heavy atom. The molecule has 0 amide bonds. The maximum atomic E-state index is 12.4. The van der Waals surface area contributed by atoms with Gasteiger partial charge in [0.15, 0.2) is 0 Å². The van der Waals surface area contributed by atoms with Gasteiger partial charge in [-0.05, 0) is 48.8 Å². The fourth-order valence-corrected chi connectivity index (χ4v) is 3.49. The highest BCUT2D eigenvalue weighted by atomic mass is 16.5. The molecule has 1 heterocycles. The number of aryl methyl sites for hydroxylation is 2. The lowest BCUT2D eigenvalue weighted by Gasteiger charge is -2.15. The Morgan fingerprint density at radius 3 is 3.00 bits per heavy atom. The summed E-state index contributed by atoms with van der Waals surface area (Å²) < 4.78 is 5.63. The molecule has 0 bridgehead atoms. The Labute approximate surface area is 115 Å². The van der Waals surface area contributed by atoms with Crippen LogP contribution in [0.2, 0.25) is 0 Å². The molecule has 1 fully saturated rings. The van der Waals surface area contributed by atoms with Gasteiger partial charge in [-0.2, -0.15) is 0 Å². The molecule has 2 aliphatic rings. The van der Waals surface area contributed by atoms with Gasteiger partial charge in [-0.25, -0.2) is 0 Å². The first-order valence-electron chi connectivity index (χ1n) is 7.53. The number of hydrogen-bond acceptors (Lipinski definition) is 2. The molecule has 0 aromatic heterocycles. The predicted molar refractivity (Wildman–Crippen MR) is 75.3 cm³/mol. The third-order valence-corrected chi connectivity index (χ3v) is 4.57. The van der Waals surface area contributed by atoms with Gasteiger partial charge < -0.3 is 4.74 Å². The van der Waals surface area contributed by atoms with E-state index in [0.29, 0.717) is 12.2 Å². The third-order valence-electron chi connectivity index (χ3n) is 4.57. The zero-order valence-electron chi connectivity index (χ0n) is 11.7. The molecule has 1 saturated heterocycles. The molecule has 3 rings (SSSR count). The van der Waals surface area contributed by atoms with E-state index in [4.69, 9.17) is 4.74 Å². The van der Waals surface area contributed by atoms with Crippen molar-refractivity contribution in [3.8, 4) is 0 Å². The number of Topliss-reactive ketones (excluding diaryl/α,β-unsaturated/α-hetero) is 1. The van der Waals surface area contributed by atoms with Crippen molar-refractivity contribution in [2.24, 2.45) is 5.92 Å². The molecule has 2 unspecified atom stereocenters. The van der Waals surface area contributed by atoms with Crippen LogP contribution in [0, 0.1) is 5.92 Å². The molecule has 0 spiro atoms. The second kappa shape index (κ2) is 5.46. The maximum absolute atomic E-state index is 12.4. The average molecular weight is 258 g/mol. The van der Waals surface area contributed by atoms with Crippen LogP contribution >= 0.6 is 0 Å². The van der Waals surface area contributed by atoms with Crippen LogP contribution in [0.1, 0.15) is 42.9 Å². The van der Waals surface area contributed by atoms with Crippen LogP contribution in [-0.4, -0.2) is 18.5 Å². The predicted octanol–water partition coefficient (Wildman–Crippen LogP) is 3.10. The molecule has 1 aliphatic heterocycles. The lowest BCUT2D eigenvalue weighted by molar-refractivity contribution is -0.123. The molecule has 2 atom stereocenters. The summed E-state index contributed by atoms with van der Waals surface area (Å²) in [5.74, 6) is 0.487. The van der Waals surface area contributed by atoms with Crippen LogP contribution in [0.4, 0.5) is 0 Å². The van der Waals surface area contributed by atoms with Gasteiger partial charge in [-0.3, -0.25) is 4.79 Å². The van der Waals surface area contributed by atoms with Crippen LogP contribution in [-0.2, 0) is 28.8 Å². The molecule has 2 heteroatoms. The highest BCUT2D eigenvalue weighted by molar-refractivity contribution is 5.84. The molecular weight excluding hydrogens is 236 g/mol. The van der Waals surface area contributed by atoms with E-state index < -0.39 is 0 Å². The minimum atomic E-state index is 0.123. The van der Waals surface area contributed by atoms with E-state index in [0.717, 1.165) is 19.4 Å². The van der Waals surface area contributed by atoms with Crippen molar-refractivity contribution >= 4 is 5.78 Å². The Balaban J connectivity index is 1.69. The van der Waals surface area contributed by atoms with Gasteiger partial charge in [0.25, 0.3) is 0 Å². The Kier molecular flexibility index (Phi) is 3.69. The number of carbonyl (C=O) groups excluding carboxylic acids is 1. The molecule has 0 N–H and O–H groups in total. The van der Waals surface area contributed by atoms with E-state index in [1.165, 1.54) is 36.0 Å². The van der Waals surface area contributed by atoms with Crippen molar-refractivity contribution in [2.75, 3.05) is 6.61 Å². The first kappa shape index (κ1) is 12.9. The molecule has 0 saturated carbocycles. The summed E-state index contributed by atoms with van der Waals surface area (Å²) in [5.41, 5.74) is 4.12. The highest BCUT2D eigenvalue weighted by Crippen LogP contribution is 2.27. The van der Waals surface area contributed by atoms with Gasteiger partial charge in [0, 0.05) is 18.9 Å². The molecule has 102 valence electrons. The summed E-state index contributed by atoms with van der Waals surface area (Å²) in [4.78, 5) is 12.4. The first-order valence-corrected chi connectivity index (χ1v) is 7.53. The number of benzene rings is 1. The summed E-state index contributed by atoms with van der Waals surface area (Å²) in [7, 11) is 0. The zero-order valence-corrected chi connectivity index (χ0v) is 11.7. The normalized spacial score (nSPS) is 25.5. The van der Waals surface area contributed by atoms with Gasteiger partial charge in [-0.1, -0.05) is 25.1 Å². The van der Waals surface area contributed by atoms with Crippen molar-refractivity contribution in [1.29, 1.82) is 0 Å². The largest absolute Gasteiger partial charge is 0.377 e. The lowest BCUT2D eigenvalue weighted by atomic mass is 9.90. The van der Waals surface area contributed by atoms with Crippen molar-refractivity contribution < 1.29 is 9.53 Å². The highest BCUT2D eigenvalue weighted by Gasteiger charge is 2.32. The van der Waals surface area contributed by atoms with Crippen LogP contribution in [0.25, 0.3) is 0 Å². The number of fused-ring (bicyclic) bond motifs is 1. The van der Waals surface area contributed by atoms with Crippen LogP contribution in [0.15, 0.2) is 18.2 Å². The zero-order chi connectivity index (χ0) is 13.2. The molecule has 2 nitrogen and oxygen atoms in total. The minimum absolute atomic E-state index is 0.123. The molecule has 19 heavy (non-hydrogen) atoms. The van der Waals surface area contributed by atoms with E-state index in [-0.39, 0.29) is 12.0 Å². The number of ether oxygens (including phenoxy) is 1. The van der Waals surface area contributed by atoms with E-state index >= 15 is 0 Å². The fourth-order valence-electron chi connectivity index (χ4n) is 3.49. The smallest absolute Gasteiger partial charge is 0.143 e. The maximum Gasteiger partial charge on any atom is 0.143 e. The summed E-state index contributed by atoms with van der Waals surface area (Å²) in [6.07, 6.45) is 6.24. The molecule has 0 radical (unpaired) electrons. The molecule has 1 aromatic carbocycles. The third kappa shape index (κ3) is 2.59. The van der Waals surface area contributed by atoms with E-state index in [1.54, 1.807) is 0 Å². The number of hydrogen-bond donors (Lipinski definition) is 0. The molecule has 1 aromatic rings. The Morgan fingerprint density at radius 2 is 2.16 bits per heavy atom. The average Bonchev–Trinajstić information content (AvgIpc) is 3.06. The van der Waals surface area contributed by atoms with E-state index in [9.17, 15) is 4.79 Å². The van der Waals surface area contributed by atoms with Gasteiger partial charge >= 0.3 is 0 Å². The summed E-state index contributed by atoms with van der Waals surface area (Å²) >= 11 is 0. The van der Waals surface area contributed by atoms with Crippen molar-refractivity contribution in [3.05, 3.63) is 34.9 Å². The summed E-state index contributed by atoms with van der Waals surface area (Å²) in [6.45, 7) is 2.85. The van der Waals surface area contributed by atoms with Gasteiger partial charge in [0.05, 0.1) is 6.10 Å². The van der Waals surface area contributed by atoms with Crippen LogP contribution in [0.3, 0.4) is 0 Å². The summed E-state index contributed by atoms with van der Waals surface area (Å²) in [5, 5.41) is 0. The van der Waals surface area contributed by atoms with E-state index in [2.05, 4.69) is 25.1 Å². The fraction of sp³-hybridized carbons (Fsp3) is 0.588. The standard InChI is InChI=1S/C17H22O2/c1-2-17-15(8-9-19-17)16(18)11-12-6-7-13-4-3-5-14(13)10-12/h6-7,10,15,17H,2-5,8-9,11H2,1H3. The second-order valence-corrected chi connectivity index (χ2v) is 5.81. The second-order valence-electron chi connectivity index (χ2n) is 5.81. The number of ketones is 1. The quantitative estimate of drug-likeness (QED) is 0.829. The Hall–Kier alpha value is -1.15. The number of rotatable bonds is 4. The van der Waals surface area contributed by atoms with E-state index in [1.807, 2.05) is 0 Å². The van der Waals surface area contributed by atoms with Crippen molar-refractivity contribution in [1.82, 2.24) is 0 Å². The summed E-state index contributed by atoms with van der Waals surface area (Å²) in [6, 6.07) is 6.60. The molecule has 1 aliphatic carbocycles. The molecular formula is C17H22O2. The van der Waals surface area contributed by atoms with Crippen molar-refractivity contribution in [2.45, 2.75) is 51.6 Å². The van der Waals surface area contributed by atoms with Gasteiger partial charge in [-0.15, -0.1) is 0 Å². The lowest BCUT2D eigenvalue weighted by Crippen LogP contribution is -2.25. The van der Waals surface area contributed by atoms with Crippen molar-refractivity contribution in [3.63, 3.8) is 0 Å². The first-order chi connectivity index (χ1) is 9.28. The van der Waals surface area contributed by atoms with Crippen LogP contribution < -0.4 is 0 Å². The van der Waals surface area contributed by atoms with Crippen LogP contribution in [0.5, 0.6) is 0 Å².